The number of sulfonamides is 1. The molecule has 6 nitrogen and oxygen atoms in total. The Hall–Kier alpha value is -0.660. The van der Waals surface area contributed by atoms with Gasteiger partial charge >= 0.3 is 0 Å². The van der Waals surface area contributed by atoms with Crippen molar-refractivity contribution in [2.45, 2.75) is 45.4 Å². The van der Waals surface area contributed by atoms with Gasteiger partial charge in [-0.3, -0.25) is 4.79 Å². The van der Waals surface area contributed by atoms with Gasteiger partial charge in [-0.1, -0.05) is 12.8 Å². The first-order valence-corrected chi connectivity index (χ1v) is 9.48. The van der Waals surface area contributed by atoms with E-state index in [2.05, 4.69) is 5.32 Å². The highest BCUT2D eigenvalue weighted by molar-refractivity contribution is 7.89. The van der Waals surface area contributed by atoms with E-state index in [0.717, 1.165) is 25.7 Å². The lowest BCUT2D eigenvalue weighted by atomic mass is 9.97. The maximum absolute atomic E-state index is 12.0. The lowest BCUT2D eigenvalue weighted by molar-refractivity contribution is -0.126. The largest absolute Gasteiger partial charge is 0.396 e. The molecule has 1 aliphatic rings. The molecule has 0 aromatic carbocycles. The topological polar surface area (TPSA) is 86.7 Å². The van der Waals surface area contributed by atoms with E-state index in [0.29, 0.717) is 32.5 Å². The monoisotopic (exact) mass is 320 g/mol. The van der Waals surface area contributed by atoms with Crippen molar-refractivity contribution in [1.82, 2.24) is 9.62 Å². The summed E-state index contributed by atoms with van der Waals surface area (Å²) in [6.07, 6.45) is 4.95. The minimum atomic E-state index is -3.12. The molecule has 1 heterocycles. The van der Waals surface area contributed by atoms with Crippen LogP contribution in [0.5, 0.6) is 0 Å². The van der Waals surface area contributed by atoms with E-state index in [1.165, 1.54) is 4.31 Å². The van der Waals surface area contributed by atoms with Gasteiger partial charge < -0.3 is 10.4 Å². The number of hydrogen-bond donors (Lipinski definition) is 2. The van der Waals surface area contributed by atoms with Gasteiger partial charge in [0.15, 0.2) is 0 Å². The third-order valence-electron chi connectivity index (χ3n) is 3.97. The fourth-order valence-electron chi connectivity index (χ4n) is 2.53. The number of amides is 1. The summed E-state index contributed by atoms with van der Waals surface area (Å²) in [4.78, 5) is 12.0. The van der Waals surface area contributed by atoms with E-state index < -0.39 is 10.0 Å². The van der Waals surface area contributed by atoms with Crippen molar-refractivity contribution in [1.29, 1.82) is 0 Å². The Morgan fingerprint density at radius 3 is 2.38 bits per heavy atom. The minimum Gasteiger partial charge on any atom is -0.396 e. The Kier molecular flexibility index (Phi) is 8.21. The fraction of sp³-hybridized carbons (Fsp3) is 0.929. The van der Waals surface area contributed by atoms with Gasteiger partial charge in [-0.05, 0) is 32.6 Å². The molecule has 124 valence electrons. The van der Waals surface area contributed by atoms with Crippen LogP contribution in [0.3, 0.4) is 0 Å². The molecule has 0 aromatic heterocycles. The molecule has 0 unspecified atom stereocenters. The van der Waals surface area contributed by atoms with Gasteiger partial charge in [0, 0.05) is 32.2 Å². The second kappa shape index (κ2) is 9.38. The minimum absolute atomic E-state index is 0.0469. The SMILES string of the molecule is CCS(=O)(=O)N1CCC(C(=O)NCCCCCCO)CC1. The second-order valence-corrected chi connectivity index (χ2v) is 7.76. The van der Waals surface area contributed by atoms with Gasteiger partial charge in [0.05, 0.1) is 5.75 Å². The predicted molar refractivity (Wildman–Crippen MR) is 82.3 cm³/mol. The first-order chi connectivity index (χ1) is 10.0. The van der Waals surface area contributed by atoms with Crippen LogP contribution in [0.4, 0.5) is 0 Å². The number of nitrogens with zero attached hydrogens (tertiary/aromatic N) is 1. The molecule has 0 spiro atoms. The van der Waals surface area contributed by atoms with Crippen LogP contribution in [0.25, 0.3) is 0 Å². The summed E-state index contributed by atoms with van der Waals surface area (Å²) in [6.45, 7) is 3.43. The van der Waals surface area contributed by atoms with Crippen molar-refractivity contribution >= 4 is 15.9 Å². The van der Waals surface area contributed by atoms with E-state index in [1.54, 1.807) is 6.92 Å². The fourth-order valence-corrected chi connectivity index (χ4v) is 3.66. The van der Waals surface area contributed by atoms with Crippen LogP contribution in [-0.4, -0.2) is 55.7 Å². The van der Waals surface area contributed by atoms with E-state index in [9.17, 15) is 13.2 Å². The molecule has 0 radical (unpaired) electrons. The highest BCUT2D eigenvalue weighted by Gasteiger charge is 2.29. The van der Waals surface area contributed by atoms with Gasteiger partial charge in [-0.25, -0.2) is 12.7 Å². The van der Waals surface area contributed by atoms with Crippen LogP contribution in [0.1, 0.15) is 45.4 Å². The van der Waals surface area contributed by atoms with E-state index in [4.69, 9.17) is 5.11 Å². The second-order valence-electron chi connectivity index (χ2n) is 5.50. The highest BCUT2D eigenvalue weighted by atomic mass is 32.2. The van der Waals surface area contributed by atoms with Gasteiger partial charge in [0.1, 0.15) is 0 Å². The Morgan fingerprint density at radius 2 is 1.81 bits per heavy atom. The van der Waals surface area contributed by atoms with E-state index in [-0.39, 0.29) is 24.2 Å². The molecule has 7 heteroatoms. The third-order valence-corrected chi connectivity index (χ3v) is 5.85. The summed E-state index contributed by atoms with van der Waals surface area (Å²) in [5.41, 5.74) is 0. The first kappa shape index (κ1) is 18.4. The quantitative estimate of drug-likeness (QED) is 0.613. The number of carbonyl (C=O) groups excluding carboxylic acids is 1. The van der Waals surface area contributed by atoms with Crippen LogP contribution in [0, 0.1) is 5.92 Å². The molecule has 0 bridgehead atoms. The van der Waals surface area contributed by atoms with E-state index in [1.807, 2.05) is 0 Å². The zero-order chi connectivity index (χ0) is 15.7. The molecule has 1 saturated heterocycles. The molecule has 1 fully saturated rings. The number of hydrogen-bond acceptors (Lipinski definition) is 4. The number of unbranched alkanes of at least 4 members (excludes halogenated alkanes) is 3. The summed E-state index contributed by atoms with van der Waals surface area (Å²) >= 11 is 0. The van der Waals surface area contributed by atoms with Gasteiger partial charge in [0.25, 0.3) is 0 Å². The number of rotatable bonds is 9. The zero-order valence-corrected chi connectivity index (χ0v) is 13.7. The lowest BCUT2D eigenvalue weighted by Crippen LogP contribution is -2.43. The average Bonchev–Trinajstić information content (AvgIpc) is 2.50. The van der Waals surface area contributed by atoms with E-state index >= 15 is 0 Å². The number of aliphatic hydroxyl groups is 1. The van der Waals surface area contributed by atoms with Crippen LogP contribution in [0.2, 0.25) is 0 Å². The van der Waals surface area contributed by atoms with Crippen molar-refractivity contribution < 1.29 is 18.3 Å². The van der Waals surface area contributed by atoms with Crippen LogP contribution in [-0.2, 0) is 14.8 Å². The lowest BCUT2D eigenvalue weighted by Gasteiger charge is -2.30. The number of nitrogens with one attached hydrogen (secondary N) is 1. The molecule has 1 aliphatic heterocycles. The van der Waals surface area contributed by atoms with Crippen molar-refractivity contribution in [3.05, 3.63) is 0 Å². The van der Waals surface area contributed by atoms with Crippen LogP contribution in [0.15, 0.2) is 0 Å². The number of piperidine rings is 1. The summed E-state index contributed by atoms with van der Waals surface area (Å²) in [5, 5.41) is 11.6. The van der Waals surface area contributed by atoms with Crippen molar-refractivity contribution in [3.63, 3.8) is 0 Å². The van der Waals surface area contributed by atoms with Gasteiger partial charge in [-0.15, -0.1) is 0 Å². The zero-order valence-electron chi connectivity index (χ0n) is 12.9. The maximum Gasteiger partial charge on any atom is 0.223 e. The van der Waals surface area contributed by atoms with Crippen LogP contribution >= 0.6 is 0 Å². The standard InChI is InChI=1S/C14H28N2O4S/c1-2-21(19,20)16-10-7-13(8-11-16)14(18)15-9-5-3-4-6-12-17/h13,17H,2-12H2,1H3,(H,15,18). The van der Waals surface area contributed by atoms with Crippen molar-refractivity contribution in [2.75, 3.05) is 32.0 Å². The Bertz CT molecular complexity index is 403. The summed E-state index contributed by atoms with van der Waals surface area (Å²) in [6, 6.07) is 0. The molecule has 0 atom stereocenters. The Morgan fingerprint density at radius 1 is 1.19 bits per heavy atom. The summed E-state index contributed by atoms with van der Waals surface area (Å²) in [5.74, 6) is 0.106. The third kappa shape index (κ3) is 6.32. The Balaban J connectivity index is 2.20. The maximum atomic E-state index is 12.0. The molecule has 0 aromatic rings. The Labute approximate surface area is 128 Å². The molecule has 0 aliphatic carbocycles. The van der Waals surface area contributed by atoms with Gasteiger partial charge in [0.2, 0.25) is 15.9 Å². The highest BCUT2D eigenvalue weighted by Crippen LogP contribution is 2.20. The smallest absolute Gasteiger partial charge is 0.223 e. The van der Waals surface area contributed by atoms with Crippen molar-refractivity contribution in [3.8, 4) is 0 Å². The number of carbonyl (C=O) groups is 1. The van der Waals surface area contributed by atoms with Crippen molar-refractivity contribution in [2.24, 2.45) is 5.92 Å². The summed E-state index contributed by atoms with van der Waals surface area (Å²) < 4.78 is 25.0. The normalized spacial score (nSPS) is 17.8. The average molecular weight is 320 g/mol. The van der Waals surface area contributed by atoms with Gasteiger partial charge in [-0.2, -0.15) is 0 Å². The molecule has 1 amide bonds. The molecule has 2 N–H and O–H groups in total. The molecule has 1 rings (SSSR count). The number of aliphatic hydroxyl groups excluding tert-OH is 1. The molecular formula is C14H28N2O4S. The molecule has 0 saturated carbocycles. The molecular weight excluding hydrogens is 292 g/mol. The molecule has 21 heavy (non-hydrogen) atoms. The first-order valence-electron chi connectivity index (χ1n) is 7.87. The van der Waals surface area contributed by atoms with Crippen LogP contribution < -0.4 is 5.32 Å². The summed E-state index contributed by atoms with van der Waals surface area (Å²) in [7, 11) is -3.12. The predicted octanol–water partition coefficient (Wildman–Crippen LogP) is 0.717.